The first-order valence-corrected chi connectivity index (χ1v) is 7.50. The van der Waals surface area contributed by atoms with E-state index in [-0.39, 0.29) is 18.3 Å². The van der Waals surface area contributed by atoms with Crippen LogP contribution in [0.4, 0.5) is 0 Å². The van der Waals surface area contributed by atoms with Crippen LogP contribution in [0.2, 0.25) is 5.02 Å². The molecule has 1 aromatic rings. The highest BCUT2D eigenvalue weighted by molar-refractivity contribution is 7.89. The SMILES string of the molecule is COc1ccc(Cl)cc1C(C)NCCS(N)(=O)=O. The number of primary sulfonamides is 1. The molecule has 102 valence electrons. The van der Waals surface area contributed by atoms with Crippen molar-refractivity contribution >= 4 is 21.6 Å². The van der Waals surface area contributed by atoms with Crippen LogP contribution in [0.5, 0.6) is 5.75 Å². The van der Waals surface area contributed by atoms with Crippen molar-refractivity contribution in [2.24, 2.45) is 5.14 Å². The average Bonchev–Trinajstić information content (AvgIpc) is 2.27. The van der Waals surface area contributed by atoms with Gasteiger partial charge in [-0.25, -0.2) is 13.6 Å². The van der Waals surface area contributed by atoms with E-state index < -0.39 is 10.0 Å². The third-order valence-corrected chi connectivity index (χ3v) is 3.50. The molecule has 0 spiro atoms. The van der Waals surface area contributed by atoms with E-state index in [0.29, 0.717) is 10.8 Å². The van der Waals surface area contributed by atoms with Gasteiger partial charge in [-0.3, -0.25) is 0 Å². The molecule has 0 aliphatic heterocycles. The molecular weight excluding hydrogens is 276 g/mol. The minimum absolute atomic E-state index is 0.0830. The van der Waals surface area contributed by atoms with E-state index in [9.17, 15) is 8.42 Å². The monoisotopic (exact) mass is 292 g/mol. The van der Waals surface area contributed by atoms with Crippen LogP contribution >= 0.6 is 11.6 Å². The third kappa shape index (κ3) is 4.81. The Morgan fingerprint density at radius 1 is 1.50 bits per heavy atom. The van der Waals surface area contributed by atoms with Gasteiger partial charge in [0.05, 0.1) is 12.9 Å². The van der Waals surface area contributed by atoms with Gasteiger partial charge in [0, 0.05) is 23.2 Å². The van der Waals surface area contributed by atoms with Crippen LogP contribution in [0, 0.1) is 0 Å². The van der Waals surface area contributed by atoms with Gasteiger partial charge in [-0.2, -0.15) is 0 Å². The van der Waals surface area contributed by atoms with Gasteiger partial charge in [0.2, 0.25) is 10.0 Å². The van der Waals surface area contributed by atoms with Gasteiger partial charge in [-0.15, -0.1) is 0 Å². The molecule has 0 saturated heterocycles. The van der Waals surface area contributed by atoms with Gasteiger partial charge in [-0.1, -0.05) is 11.6 Å². The fourth-order valence-electron chi connectivity index (χ4n) is 1.57. The van der Waals surface area contributed by atoms with Crippen LogP contribution in [0.25, 0.3) is 0 Å². The fraction of sp³-hybridized carbons (Fsp3) is 0.455. The number of nitrogens with two attached hydrogens (primary N) is 1. The van der Waals surface area contributed by atoms with Crippen molar-refractivity contribution in [2.45, 2.75) is 13.0 Å². The molecule has 0 aromatic heterocycles. The summed E-state index contributed by atoms with van der Waals surface area (Å²) in [5, 5.41) is 8.59. The number of ether oxygens (including phenoxy) is 1. The van der Waals surface area contributed by atoms with Crippen LogP contribution < -0.4 is 15.2 Å². The Kier molecular flexibility index (Phi) is 5.40. The molecule has 0 aliphatic carbocycles. The zero-order valence-corrected chi connectivity index (χ0v) is 11.9. The van der Waals surface area contributed by atoms with Crippen molar-refractivity contribution in [3.8, 4) is 5.75 Å². The molecule has 0 fully saturated rings. The van der Waals surface area contributed by atoms with Crippen molar-refractivity contribution in [1.29, 1.82) is 0 Å². The zero-order chi connectivity index (χ0) is 13.8. The number of benzene rings is 1. The predicted molar refractivity (Wildman–Crippen MR) is 72.4 cm³/mol. The molecule has 7 heteroatoms. The van der Waals surface area contributed by atoms with Gasteiger partial charge in [0.15, 0.2) is 0 Å². The van der Waals surface area contributed by atoms with Crippen LogP contribution in [0.3, 0.4) is 0 Å². The number of hydrogen-bond donors (Lipinski definition) is 2. The minimum atomic E-state index is -3.45. The molecule has 0 radical (unpaired) electrons. The molecule has 0 saturated carbocycles. The lowest BCUT2D eigenvalue weighted by Crippen LogP contribution is -2.29. The largest absolute Gasteiger partial charge is 0.496 e. The normalized spacial score (nSPS) is 13.3. The van der Waals surface area contributed by atoms with Crippen molar-refractivity contribution in [2.75, 3.05) is 19.4 Å². The lowest BCUT2D eigenvalue weighted by Gasteiger charge is -2.17. The molecule has 0 aliphatic rings. The number of hydrogen-bond acceptors (Lipinski definition) is 4. The Morgan fingerprint density at radius 2 is 2.17 bits per heavy atom. The number of halogens is 1. The second-order valence-corrected chi connectivity index (χ2v) is 6.10. The van der Waals surface area contributed by atoms with Gasteiger partial charge in [0.1, 0.15) is 5.75 Å². The molecule has 5 nitrogen and oxygen atoms in total. The van der Waals surface area contributed by atoms with Crippen molar-refractivity contribution in [3.63, 3.8) is 0 Å². The predicted octanol–water partition coefficient (Wildman–Crippen LogP) is 1.29. The van der Waals surface area contributed by atoms with E-state index in [2.05, 4.69) is 5.32 Å². The third-order valence-electron chi connectivity index (χ3n) is 2.50. The summed E-state index contributed by atoms with van der Waals surface area (Å²) in [5.74, 6) is 0.593. The smallest absolute Gasteiger partial charge is 0.210 e. The Morgan fingerprint density at radius 3 is 2.72 bits per heavy atom. The molecule has 1 rings (SSSR count). The summed E-state index contributed by atoms with van der Waals surface area (Å²) in [6.45, 7) is 2.17. The Bertz CT molecular complexity index is 505. The van der Waals surface area contributed by atoms with Crippen molar-refractivity contribution in [1.82, 2.24) is 5.32 Å². The summed E-state index contributed by atoms with van der Waals surface area (Å²) in [4.78, 5) is 0. The van der Waals surface area contributed by atoms with Gasteiger partial charge >= 0.3 is 0 Å². The molecular formula is C11H17ClN2O3S. The summed E-state index contributed by atoms with van der Waals surface area (Å²) < 4.78 is 26.9. The van der Waals surface area contributed by atoms with Gasteiger partial charge < -0.3 is 10.1 Å². The van der Waals surface area contributed by atoms with Crippen LogP contribution in [0.1, 0.15) is 18.5 Å². The minimum Gasteiger partial charge on any atom is -0.496 e. The van der Waals surface area contributed by atoms with Crippen LogP contribution in [-0.4, -0.2) is 27.8 Å². The van der Waals surface area contributed by atoms with Gasteiger partial charge in [0.25, 0.3) is 0 Å². The Labute approximate surface area is 112 Å². The quantitative estimate of drug-likeness (QED) is 0.828. The summed E-state index contributed by atoms with van der Waals surface area (Å²) >= 11 is 5.93. The number of sulfonamides is 1. The molecule has 1 atom stereocenters. The first-order valence-electron chi connectivity index (χ1n) is 5.41. The molecule has 3 N–H and O–H groups in total. The number of rotatable bonds is 6. The number of nitrogens with one attached hydrogen (secondary N) is 1. The Balaban J connectivity index is 2.71. The maximum absolute atomic E-state index is 10.8. The summed E-state index contributed by atoms with van der Waals surface area (Å²) in [6.07, 6.45) is 0. The van der Waals surface area contributed by atoms with Crippen LogP contribution in [0.15, 0.2) is 18.2 Å². The van der Waals surface area contributed by atoms with E-state index in [1.165, 1.54) is 0 Å². The highest BCUT2D eigenvalue weighted by Gasteiger charge is 2.12. The maximum Gasteiger partial charge on any atom is 0.210 e. The number of methoxy groups -OCH3 is 1. The highest BCUT2D eigenvalue weighted by Crippen LogP contribution is 2.27. The van der Waals surface area contributed by atoms with Crippen molar-refractivity contribution in [3.05, 3.63) is 28.8 Å². The van der Waals surface area contributed by atoms with E-state index in [4.69, 9.17) is 21.5 Å². The average molecular weight is 293 g/mol. The summed E-state index contributed by atoms with van der Waals surface area (Å²) in [6, 6.07) is 5.21. The summed E-state index contributed by atoms with van der Waals surface area (Å²) in [5.41, 5.74) is 0.874. The van der Waals surface area contributed by atoms with E-state index in [0.717, 1.165) is 5.56 Å². The fourth-order valence-corrected chi connectivity index (χ4v) is 2.15. The van der Waals surface area contributed by atoms with Gasteiger partial charge in [-0.05, 0) is 25.1 Å². The second kappa shape index (κ2) is 6.38. The van der Waals surface area contributed by atoms with Crippen molar-refractivity contribution < 1.29 is 13.2 Å². The van der Waals surface area contributed by atoms with Crippen LogP contribution in [-0.2, 0) is 10.0 Å². The van der Waals surface area contributed by atoms with E-state index >= 15 is 0 Å². The zero-order valence-electron chi connectivity index (χ0n) is 10.3. The first kappa shape index (κ1) is 15.2. The lowest BCUT2D eigenvalue weighted by atomic mass is 10.1. The highest BCUT2D eigenvalue weighted by atomic mass is 35.5. The maximum atomic E-state index is 10.8. The molecule has 0 heterocycles. The second-order valence-electron chi connectivity index (χ2n) is 3.93. The topological polar surface area (TPSA) is 81.4 Å². The first-order chi connectivity index (χ1) is 8.33. The lowest BCUT2D eigenvalue weighted by molar-refractivity contribution is 0.402. The molecule has 1 unspecified atom stereocenters. The molecule has 0 amide bonds. The summed E-state index contributed by atoms with van der Waals surface area (Å²) in [7, 11) is -1.87. The molecule has 0 bridgehead atoms. The Hall–Kier alpha value is -0.820. The molecule has 1 aromatic carbocycles. The van der Waals surface area contributed by atoms with E-state index in [1.807, 2.05) is 6.92 Å². The molecule has 18 heavy (non-hydrogen) atoms. The van der Waals surface area contributed by atoms with E-state index in [1.54, 1.807) is 25.3 Å². The standard InChI is InChI=1S/C11H17ClN2O3S/c1-8(14-5-6-18(13,15)16)10-7-9(12)3-4-11(10)17-2/h3-4,7-8,14H,5-6H2,1-2H3,(H2,13,15,16).